The summed E-state index contributed by atoms with van der Waals surface area (Å²) in [5, 5.41) is 6.92. The topological polar surface area (TPSA) is 64.4 Å². The first-order valence-electron chi connectivity index (χ1n) is 9.34. The van der Waals surface area contributed by atoms with Gasteiger partial charge in [-0.15, -0.1) is 11.8 Å². The second-order valence-electron chi connectivity index (χ2n) is 6.73. The Labute approximate surface area is 177 Å². The van der Waals surface area contributed by atoms with Gasteiger partial charge in [0.05, 0.1) is 17.3 Å². The molecule has 1 unspecified atom stereocenters. The number of amides is 1. The molecular weight excluding hydrogens is 410 g/mol. The fraction of sp³-hybridized carbons (Fsp3) is 0.273. The number of halogens is 2. The minimum atomic E-state index is -2.87. The van der Waals surface area contributed by atoms with Crippen LogP contribution in [0, 0.1) is 13.8 Å². The van der Waals surface area contributed by atoms with Crippen LogP contribution in [0.25, 0.3) is 0 Å². The lowest BCUT2D eigenvalue weighted by Gasteiger charge is -2.16. The molecule has 0 saturated carbocycles. The smallest absolute Gasteiger partial charge is 0.387 e. The molecule has 1 heterocycles. The standard InChI is InChI=1S/C22H22F2N2O3S/c1-13(16-8-10-17(11-9-16)28-22(23)24)25-21(27)18-6-4-5-7-20(18)30-12-19-14(2)26-29-15(19)3/h4-11,13,22H,12H2,1-3H3,(H,25,27). The van der Waals surface area contributed by atoms with Crippen molar-refractivity contribution in [3.63, 3.8) is 0 Å². The molecule has 0 aliphatic rings. The van der Waals surface area contributed by atoms with Crippen LogP contribution >= 0.6 is 11.8 Å². The number of nitrogens with one attached hydrogen (secondary N) is 1. The number of alkyl halides is 2. The number of benzene rings is 2. The van der Waals surface area contributed by atoms with E-state index in [1.165, 1.54) is 12.1 Å². The number of carbonyl (C=O) groups is 1. The maximum Gasteiger partial charge on any atom is 0.387 e. The van der Waals surface area contributed by atoms with Crippen molar-refractivity contribution in [1.82, 2.24) is 10.5 Å². The van der Waals surface area contributed by atoms with Crippen LogP contribution in [0.15, 0.2) is 57.9 Å². The zero-order valence-corrected chi connectivity index (χ0v) is 17.6. The Kier molecular flexibility index (Phi) is 7.10. The fourth-order valence-electron chi connectivity index (χ4n) is 2.93. The molecule has 0 saturated heterocycles. The molecule has 1 N–H and O–H groups in total. The van der Waals surface area contributed by atoms with E-state index in [1.807, 2.05) is 39.0 Å². The number of hydrogen-bond acceptors (Lipinski definition) is 5. The molecule has 1 atom stereocenters. The van der Waals surface area contributed by atoms with Crippen molar-refractivity contribution in [3.8, 4) is 5.75 Å². The average molecular weight is 432 g/mol. The van der Waals surface area contributed by atoms with Crippen LogP contribution in [0.1, 0.15) is 45.9 Å². The lowest BCUT2D eigenvalue weighted by atomic mass is 10.1. The van der Waals surface area contributed by atoms with E-state index in [0.717, 1.165) is 27.5 Å². The number of thioether (sulfide) groups is 1. The van der Waals surface area contributed by atoms with Gasteiger partial charge in [-0.1, -0.05) is 29.4 Å². The molecule has 0 radical (unpaired) electrons. The second kappa shape index (κ2) is 9.75. The summed E-state index contributed by atoms with van der Waals surface area (Å²) in [6, 6.07) is 13.3. The highest BCUT2D eigenvalue weighted by Crippen LogP contribution is 2.29. The van der Waals surface area contributed by atoms with E-state index in [2.05, 4.69) is 15.2 Å². The van der Waals surface area contributed by atoms with E-state index >= 15 is 0 Å². The first-order chi connectivity index (χ1) is 14.3. The Morgan fingerprint density at radius 2 is 1.87 bits per heavy atom. The first kappa shape index (κ1) is 21.8. The Morgan fingerprint density at radius 1 is 1.17 bits per heavy atom. The molecule has 1 aromatic heterocycles. The molecule has 2 aromatic carbocycles. The average Bonchev–Trinajstić information content (AvgIpc) is 3.04. The maximum absolute atomic E-state index is 12.9. The van der Waals surface area contributed by atoms with Gasteiger partial charge in [0.2, 0.25) is 0 Å². The number of nitrogens with zero attached hydrogens (tertiary/aromatic N) is 1. The number of aromatic nitrogens is 1. The van der Waals surface area contributed by atoms with Crippen molar-refractivity contribution in [2.24, 2.45) is 0 Å². The molecule has 0 bridgehead atoms. The number of rotatable bonds is 8. The number of ether oxygens (including phenoxy) is 1. The van der Waals surface area contributed by atoms with Crippen LogP contribution in [0.4, 0.5) is 8.78 Å². The molecule has 5 nitrogen and oxygen atoms in total. The van der Waals surface area contributed by atoms with E-state index in [9.17, 15) is 13.6 Å². The van der Waals surface area contributed by atoms with Gasteiger partial charge in [-0.2, -0.15) is 8.78 Å². The Hall–Kier alpha value is -2.87. The van der Waals surface area contributed by atoms with Crippen molar-refractivity contribution in [2.75, 3.05) is 0 Å². The van der Waals surface area contributed by atoms with Gasteiger partial charge in [0.25, 0.3) is 5.91 Å². The van der Waals surface area contributed by atoms with E-state index in [-0.39, 0.29) is 17.7 Å². The minimum absolute atomic E-state index is 0.0772. The van der Waals surface area contributed by atoms with Crippen molar-refractivity contribution in [3.05, 3.63) is 76.7 Å². The van der Waals surface area contributed by atoms with Gasteiger partial charge >= 0.3 is 6.61 Å². The number of hydrogen-bond donors (Lipinski definition) is 1. The van der Waals surface area contributed by atoms with Gasteiger partial charge < -0.3 is 14.6 Å². The zero-order chi connectivity index (χ0) is 21.7. The minimum Gasteiger partial charge on any atom is -0.435 e. The van der Waals surface area contributed by atoms with Gasteiger partial charge in [-0.3, -0.25) is 4.79 Å². The molecule has 0 aliphatic carbocycles. The molecule has 1 amide bonds. The van der Waals surface area contributed by atoms with E-state index in [1.54, 1.807) is 30.0 Å². The summed E-state index contributed by atoms with van der Waals surface area (Å²) >= 11 is 1.54. The summed E-state index contributed by atoms with van der Waals surface area (Å²) in [6.45, 7) is 2.73. The summed E-state index contributed by atoms with van der Waals surface area (Å²) < 4.78 is 34.1. The second-order valence-corrected chi connectivity index (χ2v) is 7.75. The molecule has 0 aliphatic heterocycles. The van der Waals surface area contributed by atoms with Gasteiger partial charge in [0, 0.05) is 16.2 Å². The van der Waals surface area contributed by atoms with Crippen molar-refractivity contribution in [2.45, 2.75) is 44.1 Å². The normalized spacial score (nSPS) is 12.1. The molecule has 3 aromatic rings. The SMILES string of the molecule is Cc1noc(C)c1CSc1ccccc1C(=O)NC(C)c1ccc(OC(F)F)cc1. The molecule has 30 heavy (non-hydrogen) atoms. The van der Waals surface area contributed by atoms with E-state index < -0.39 is 6.61 Å². The fourth-order valence-corrected chi connectivity index (χ4v) is 4.14. The highest BCUT2D eigenvalue weighted by Gasteiger charge is 2.17. The summed E-state index contributed by atoms with van der Waals surface area (Å²) in [5.41, 5.74) is 3.22. The van der Waals surface area contributed by atoms with Gasteiger partial charge in [-0.05, 0) is 50.6 Å². The third-order valence-electron chi connectivity index (χ3n) is 4.64. The Bertz CT molecular complexity index is 986. The lowest BCUT2D eigenvalue weighted by Crippen LogP contribution is -2.27. The molecular formula is C22H22F2N2O3S. The number of carbonyl (C=O) groups excluding carboxylic acids is 1. The maximum atomic E-state index is 12.9. The van der Waals surface area contributed by atoms with E-state index in [0.29, 0.717) is 11.3 Å². The Balaban J connectivity index is 1.68. The van der Waals surface area contributed by atoms with Crippen molar-refractivity contribution < 1.29 is 22.8 Å². The van der Waals surface area contributed by atoms with Crippen molar-refractivity contribution >= 4 is 17.7 Å². The third-order valence-corrected chi connectivity index (χ3v) is 5.74. The number of aryl methyl sites for hydroxylation is 2. The molecule has 0 spiro atoms. The molecule has 8 heteroatoms. The van der Waals surface area contributed by atoms with Gasteiger partial charge in [-0.25, -0.2) is 0 Å². The quantitative estimate of drug-likeness (QED) is 0.464. The van der Waals surface area contributed by atoms with Crippen LogP contribution in [0.3, 0.4) is 0 Å². The van der Waals surface area contributed by atoms with Crippen LogP contribution in [0.5, 0.6) is 5.75 Å². The van der Waals surface area contributed by atoms with Crippen LogP contribution in [-0.2, 0) is 5.75 Å². The van der Waals surface area contributed by atoms with Crippen LogP contribution in [0.2, 0.25) is 0 Å². The van der Waals surface area contributed by atoms with Crippen LogP contribution in [-0.4, -0.2) is 17.7 Å². The van der Waals surface area contributed by atoms with Gasteiger partial charge in [0.1, 0.15) is 11.5 Å². The monoisotopic (exact) mass is 432 g/mol. The predicted octanol–water partition coefficient (Wildman–Crippen LogP) is 5.68. The summed E-state index contributed by atoms with van der Waals surface area (Å²) in [6.07, 6.45) is 0. The zero-order valence-electron chi connectivity index (χ0n) is 16.8. The largest absolute Gasteiger partial charge is 0.435 e. The molecule has 158 valence electrons. The Morgan fingerprint density at radius 3 is 2.50 bits per heavy atom. The lowest BCUT2D eigenvalue weighted by molar-refractivity contribution is -0.0498. The predicted molar refractivity (Wildman–Crippen MR) is 111 cm³/mol. The highest BCUT2D eigenvalue weighted by molar-refractivity contribution is 7.98. The van der Waals surface area contributed by atoms with Crippen molar-refractivity contribution in [1.29, 1.82) is 0 Å². The van der Waals surface area contributed by atoms with Crippen LogP contribution < -0.4 is 10.1 Å². The summed E-state index contributed by atoms with van der Waals surface area (Å²) in [7, 11) is 0. The first-order valence-corrected chi connectivity index (χ1v) is 10.3. The van der Waals surface area contributed by atoms with E-state index in [4.69, 9.17) is 4.52 Å². The molecule has 3 rings (SSSR count). The van der Waals surface area contributed by atoms with Gasteiger partial charge in [0.15, 0.2) is 0 Å². The summed E-state index contributed by atoms with van der Waals surface area (Å²) in [5.74, 6) is 1.28. The summed E-state index contributed by atoms with van der Waals surface area (Å²) in [4.78, 5) is 13.7. The highest BCUT2D eigenvalue weighted by atomic mass is 32.2. The third kappa shape index (κ3) is 5.38. The molecule has 0 fully saturated rings.